The lowest BCUT2D eigenvalue weighted by Crippen LogP contribution is -2.52. The van der Waals surface area contributed by atoms with Crippen molar-refractivity contribution in [3.05, 3.63) is 70.1 Å². The molecule has 55 heavy (non-hydrogen) atoms. The van der Waals surface area contributed by atoms with Gasteiger partial charge in [0.25, 0.3) is 0 Å². The van der Waals surface area contributed by atoms with Gasteiger partial charge in [-0.2, -0.15) is 0 Å². The third-order valence-electron chi connectivity index (χ3n) is 14.4. The number of carbonyl (C=O) groups excluding carboxylic acids is 1. The van der Waals surface area contributed by atoms with Gasteiger partial charge in [0.1, 0.15) is 34.7 Å². The van der Waals surface area contributed by atoms with E-state index in [-0.39, 0.29) is 35.3 Å². The predicted octanol–water partition coefficient (Wildman–Crippen LogP) is 12.0. The van der Waals surface area contributed by atoms with Crippen LogP contribution in [0, 0.1) is 53.3 Å². The molecular formula is C48H64O7. The molecule has 2 aromatic carbocycles. The van der Waals surface area contributed by atoms with Crippen LogP contribution in [-0.4, -0.2) is 25.3 Å². The maximum absolute atomic E-state index is 13.3. The first kappa shape index (κ1) is 39.5. The highest BCUT2D eigenvalue weighted by Gasteiger charge is 2.56. The standard InChI is InChI=1S/C48H64O7/c1-8-51-35-14-16-36(17-15-35)55-46-32(5)53-43-27-37(18-20-40(43)45(46)50)52-29-44(49)54-38-22-25-48(7)34(26-38)13-19-39-41-21-12-33(31(4)11-9-10-30(2)3)28-47(41,6)24-23-42(39)48/h13-18,20,27,30-31,33,38-39,41-42H,8-12,19,21-26,28-29H2,1-7H3/t31-,33+,38+,39-,41-,42+,47-,48+/m1/s1. The Morgan fingerprint density at radius 1 is 0.909 bits per heavy atom. The van der Waals surface area contributed by atoms with Crippen LogP contribution in [0.3, 0.4) is 0 Å². The predicted molar refractivity (Wildman–Crippen MR) is 218 cm³/mol. The van der Waals surface area contributed by atoms with Crippen LogP contribution in [0.25, 0.3) is 11.0 Å². The lowest BCUT2D eigenvalue weighted by atomic mass is 9.44. The molecule has 0 N–H and O–H groups in total. The number of esters is 1. The second-order valence-corrected chi connectivity index (χ2v) is 18.4. The Morgan fingerprint density at radius 3 is 2.44 bits per heavy atom. The average Bonchev–Trinajstić information content (AvgIpc) is 3.15. The van der Waals surface area contributed by atoms with Gasteiger partial charge >= 0.3 is 5.97 Å². The summed E-state index contributed by atoms with van der Waals surface area (Å²) in [5, 5.41) is 0.368. The highest BCUT2D eigenvalue weighted by molar-refractivity contribution is 5.80. The molecule has 7 heteroatoms. The van der Waals surface area contributed by atoms with Crippen LogP contribution >= 0.6 is 0 Å². The Morgan fingerprint density at radius 2 is 1.67 bits per heavy atom. The molecule has 298 valence electrons. The molecule has 7 rings (SSSR count). The normalized spacial score (nSPS) is 29.4. The van der Waals surface area contributed by atoms with Crippen molar-refractivity contribution in [2.24, 2.45) is 46.3 Å². The highest BCUT2D eigenvalue weighted by Crippen LogP contribution is 2.65. The van der Waals surface area contributed by atoms with Crippen LogP contribution in [-0.2, 0) is 9.53 Å². The number of hydrogen-bond acceptors (Lipinski definition) is 7. The second kappa shape index (κ2) is 16.4. The van der Waals surface area contributed by atoms with Gasteiger partial charge in [-0.05, 0) is 148 Å². The van der Waals surface area contributed by atoms with Gasteiger partial charge in [-0.15, -0.1) is 0 Å². The van der Waals surface area contributed by atoms with Gasteiger partial charge < -0.3 is 23.4 Å². The first-order valence-corrected chi connectivity index (χ1v) is 21.4. The van der Waals surface area contributed by atoms with Gasteiger partial charge in [-0.3, -0.25) is 4.79 Å². The van der Waals surface area contributed by atoms with E-state index in [9.17, 15) is 9.59 Å². The Bertz CT molecular complexity index is 1910. The van der Waals surface area contributed by atoms with Gasteiger partial charge in [0.05, 0.1) is 12.0 Å². The number of rotatable bonds is 13. The first-order chi connectivity index (χ1) is 26.4. The van der Waals surface area contributed by atoms with Gasteiger partial charge in [0.2, 0.25) is 11.2 Å². The highest BCUT2D eigenvalue weighted by atomic mass is 16.6. The monoisotopic (exact) mass is 752 g/mol. The SMILES string of the molecule is CCOc1ccc(Oc2c(C)oc3cc(OCC(=O)O[C@H]4CC[C@@]5(C)C(=CC[C@@H]6[C@H]7CC[C@H]([C@H](C)CCCC(C)C)C[C@@]7(C)CC[C@@H]65)C4)ccc3c2=O)cc1. The number of fused-ring (bicyclic) bond motifs is 6. The minimum absolute atomic E-state index is 0.125. The van der Waals surface area contributed by atoms with Crippen molar-refractivity contribution in [3.63, 3.8) is 0 Å². The summed E-state index contributed by atoms with van der Waals surface area (Å²) in [6, 6.07) is 12.1. The van der Waals surface area contributed by atoms with Crippen molar-refractivity contribution in [1.29, 1.82) is 0 Å². The Labute approximate surface area is 328 Å². The van der Waals surface area contributed by atoms with Crippen LogP contribution in [0.4, 0.5) is 0 Å². The molecule has 0 saturated heterocycles. The molecule has 1 heterocycles. The van der Waals surface area contributed by atoms with Crippen LogP contribution in [0.1, 0.15) is 124 Å². The molecule has 3 saturated carbocycles. The summed E-state index contributed by atoms with van der Waals surface area (Å²) in [6.45, 7) is 16.4. The van der Waals surface area contributed by atoms with E-state index in [0.29, 0.717) is 40.3 Å². The number of carbonyl (C=O) groups is 1. The summed E-state index contributed by atoms with van der Waals surface area (Å²) in [4.78, 5) is 26.4. The van der Waals surface area contributed by atoms with E-state index in [1.54, 1.807) is 49.4 Å². The van der Waals surface area contributed by atoms with Crippen LogP contribution in [0.5, 0.6) is 23.0 Å². The third-order valence-corrected chi connectivity index (χ3v) is 14.4. The van der Waals surface area contributed by atoms with Gasteiger partial charge in [0.15, 0.2) is 6.61 Å². The zero-order chi connectivity index (χ0) is 38.9. The zero-order valence-electron chi connectivity index (χ0n) is 34.4. The molecule has 0 spiro atoms. The maximum atomic E-state index is 13.3. The fourth-order valence-corrected chi connectivity index (χ4v) is 11.3. The molecule has 0 unspecified atom stereocenters. The van der Waals surface area contributed by atoms with E-state index in [2.05, 4.69) is 40.7 Å². The van der Waals surface area contributed by atoms with Crippen LogP contribution < -0.4 is 19.6 Å². The smallest absolute Gasteiger partial charge is 0.344 e. The summed E-state index contributed by atoms with van der Waals surface area (Å²) in [6.07, 6.45) is 17.5. The summed E-state index contributed by atoms with van der Waals surface area (Å²) in [5.41, 5.74) is 2.29. The minimum Gasteiger partial charge on any atom is -0.494 e. The number of allylic oxidation sites excluding steroid dienone is 1. The fourth-order valence-electron chi connectivity index (χ4n) is 11.3. The summed E-state index contributed by atoms with van der Waals surface area (Å²) < 4.78 is 29.3. The maximum Gasteiger partial charge on any atom is 0.344 e. The van der Waals surface area contributed by atoms with Crippen molar-refractivity contribution >= 4 is 16.9 Å². The third kappa shape index (κ3) is 8.37. The van der Waals surface area contributed by atoms with Crippen LogP contribution in [0.15, 0.2) is 63.3 Å². The molecular weight excluding hydrogens is 689 g/mol. The average molecular weight is 753 g/mol. The quantitative estimate of drug-likeness (QED) is 0.127. The first-order valence-electron chi connectivity index (χ1n) is 21.4. The van der Waals surface area contributed by atoms with Gasteiger partial charge in [-0.25, -0.2) is 4.79 Å². The van der Waals surface area contributed by atoms with Crippen molar-refractivity contribution in [2.75, 3.05) is 13.2 Å². The Balaban J connectivity index is 0.925. The number of ether oxygens (including phenoxy) is 4. The molecule has 0 bridgehead atoms. The Kier molecular flexibility index (Phi) is 11.8. The lowest BCUT2D eigenvalue weighted by molar-refractivity contribution is -0.154. The van der Waals surface area contributed by atoms with Crippen molar-refractivity contribution in [2.45, 2.75) is 132 Å². The van der Waals surface area contributed by atoms with E-state index in [0.717, 1.165) is 60.5 Å². The summed E-state index contributed by atoms with van der Waals surface area (Å²) >= 11 is 0. The molecule has 0 aliphatic heterocycles. The van der Waals surface area contributed by atoms with E-state index >= 15 is 0 Å². The second-order valence-electron chi connectivity index (χ2n) is 18.4. The van der Waals surface area contributed by atoms with Crippen molar-refractivity contribution < 1.29 is 28.2 Å². The zero-order valence-corrected chi connectivity index (χ0v) is 34.4. The molecule has 8 atom stereocenters. The molecule has 4 aliphatic carbocycles. The van der Waals surface area contributed by atoms with Gasteiger partial charge in [0, 0.05) is 12.5 Å². The summed E-state index contributed by atoms with van der Waals surface area (Å²) in [5.74, 6) is 6.67. The largest absolute Gasteiger partial charge is 0.494 e. The molecule has 3 fully saturated rings. The topological polar surface area (TPSA) is 84.2 Å². The van der Waals surface area contributed by atoms with Crippen molar-refractivity contribution in [1.82, 2.24) is 0 Å². The summed E-state index contributed by atoms with van der Waals surface area (Å²) in [7, 11) is 0. The van der Waals surface area contributed by atoms with Crippen molar-refractivity contribution in [3.8, 4) is 23.0 Å². The molecule has 3 aromatic rings. The molecule has 7 nitrogen and oxygen atoms in total. The lowest BCUT2D eigenvalue weighted by Gasteiger charge is -2.61. The molecule has 0 amide bonds. The van der Waals surface area contributed by atoms with Crippen LogP contribution in [0.2, 0.25) is 0 Å². The fraction of sp³-hybridized carbons (Fsp3) is 0.625. The van der Waals surface area contributed by atoms with E-state index in [1.807, 2.05) is 6.92 Å². The Hall–Kier alpha value is -3.74. The number of hydrogen-bond donors (Lipinski definition) is 0. The number of benzene rings is 2. The van der Waals surface area contributed by atoms with Gasteiger partial charge in [-0.1, -0.05) is 65.5 Å². The van der Waals surface area contributed by atoms with E-state index in [4.69, 9.17) is 23.4 Å². The molecule has 1 aromatic heterocycles. The van der Waals surface area contributed by atoms with E-state index < -0.39 is 0 Å². The minimum atomic E-state index is -0.372. The molecule has 4 aliphatic rings. The van der Waals surface area contributed by atoms with E-state index in [1.165, 1.54) is 63.4 Å². The number of aryl methyl sites for hydroxylation is 1. The molecule has 0 radical (unpaired) electrons.